The fraction of sp³-hybridized carbons (Fsp3) is 0.190. The quantitative estimate of drug-likeness (QED) is 0.639. The highest BCUT2D eigenvalue weighted by Crippen LogP contribution is 2.24. The number of hydrogen-bond acceptors (Lipinski definition) is 4. The molecule has 0 fully saturated rings. The number of nitrogens with zero attached hydrogens (tertiary/aromatic N) is 2. The van der Waals surface area contributed by atoms with Gasteiger partial charge in [-0.05, 0) is 29.3 Å². The Morgan fingerprint density at radius 1 is 1.17 bits per heavy atom. The molecule has 8 heteroatoms. The van der Waals surface area contributed by atoms with E-state index in [-0.39, 0.29) is 30.0 Å². The molecule has 0 saturated heterocycles. The van der Waals surface area contributed by atoms with E-state index in [2.05, 4.69) is 10.3 Å². The highest BCUT2D eigenvalue weighted by molar-refractivity contribution is 5.94. The number of rotatable bonds is 7. The van der Waals surface area contributed by atoms with Crippen LogP contribution in [0.5, 0.6) is 0 Å². The van der Waals surface area contributed by atoms with Crippen LogP contribution in [-0.2, 0) is 13.2 Å². The predicted octanol–water partition coefficient (Wildman–Crippen LogP) is 2.36. The number of aromatic nitrogens is 2. The van der Waals surface area contributed by atoms with Crippen LogP contribution in [0.15, 0.2) is 65.7 Å². The van der Waals surface area contributed by atoms with Crippen molar-refractivity contribution >= 4 is 5.91 Å². The van der Waals surface area contributed by atoms with Gasteiger partial charge in [-0.2, -0.15) is 0 Å². The predicted molar refractivity (Wildman–Crippen MR) is 103 cm³/mol. The normalized spacial score (nSPS) is 11.8. The number of carbonyl (C=O) groups is 1. The van der Waals surface area contributed by atoms with Crippen LogP contribution in [0.3, 0.4) is 0 Å². The van der Waals surface area contributed by atoms with Crippen LogP contribution < -0.4 is 10.9 Å². The van der Waals surface area contributed by atoms with Crippen LogP contribution in [0.2, 0.25) is 0 Å². The first-order chi connectivity index (χ1) is 14.0. The van der Waals surface area contributed by atoms with E-state index in [4.69, 9.17) is 5.11 Å². The van der Waals surface area contributed by atoms with E-state index in [1.54, 1.807) is 24.3 Å². The van der Waals surface area contributed by atoms with Crippen LogP contribution in [0.25, 0.3) is 0 Å². The summed E-state index contributed by atoms with van der Waals surface area (Å²) in [7, 11) is 0. The van der Waals surface area contributed by atoms with Crippen molar-refractivity contribution in [1.82, 2.24) is 14.9 Å². The van der Waals surface area contributed by atoms with E-state index < -0.39 is 24.4 Å². The summed E-state index contributed by atoms with van der Waals surface area (Å²) in [5, 5.41) is 11.8. The molecule has 3 aromatic rings. The molecule has 0 radical (unpaired) electrons. The van der Waals surface area contributed by atoms with E-state index >= 15 is 0 Å². The molecular weight excluding hydrogens is 380 g/mol. The number of carbonyl (C=O) groups excluding carboxylic acids is 1. The average molecular weight is 399 g/mol. The number of alkyl halides is 1. The van der Waals surface area contributed by atoms with Crippen LogP contribution in [0.4, 0.5) is 8.78 Å². The molecule has 2 aromatic heterocycles. The van der Waals surface area contributed by atoms with Crippen LogP contribution in [0.1, 0.15) is 33.2 Å². The summed E-state index contributed by atoms with van der Waals surface area (Å²) in [4.78, 5) is 28.6. The van der Waals surface area contributed by atoms with Gasteiger partial charge in [0.05, 0.1) is 18.2 Å². The standard InChI is InChI=1S/C21H19F2N3O3/c22-12-14-3-5-15(6-4-14)19(20-17(23)2-1-9-24-20)25-21(29)16-7-8-18(28)26(13-16)10-11-27/h1-9,13,19,27H,10-12H2,(H,25,29)/t19-/m0/s1. The van der Waals surface area contributed by atoms with Gasteiger partial charge < -0.3 is 15.0 Å². The zero-order valence-corrected chi connectivity index (χ0v) is 15.4. The van der Waals surface area contributed by atoms with Gasteiger partial charge >= 0.3 is 0 Å². The number of halogens is 2. The Hall–Kier alpha value is -3.39. The number of amides is 1. The molecule has 0 unspecified atom stereocenters. The van der Waals surface area contributed by atoms with Crippen molar-refractivity contribution < 1.29 is 18.7 Å². The second-order valence-corrected chi connectivity index (χ2v) is 6.33. The van der Waals surface area contributed by atoms with E-state index in [1.807, 2.05) is 0 Å². The van der Waals surface area contributed by atoms with Crippen molar-refractivity contribution in [3.8, 4) is 0 Å². The third-order valence-corrected chi connectivity index (χ3v) is 4.39. The van der Waals surface area contributed by atoms with Crippen molar-refractivity contribution in [2.45, 2.75) is 19.3 Å². The zero-order chi connectivity index (χ0) is 20.8. The monoisotopic (exact) mass is 399 g/mol. The lowest BCUT2D eigenvalue weighted by atomic mass is 10.0. The molecule has 0 aliphatic rings. The highest BCUT2D eigenvalue weighted by Gasteiger charge is 2.22. The molecule has 0 aliphatic carbocycles. The van der Waals surface area contributed by atoms with Crippen LogP contribution in [0, 0.1) is 5.82 Å². The molecule has 0 spiro atoms. The van der Waals surface area contributed by atoms with Crippen molar-refractivity contribution in [3.05, 3.63) is 99.5 Å². The summed E-state index contributed by atoms with van der Waals surface area (Å²) in [6, 6.07) is 10.6. The number of aliphatic hydroxyl groups excluding tert-OH is 1. The molecule has 0 bridgehead atoms. The minimum absolute atomic E-state index is 0.0116. The molecule has 6 nitrogen and oxygen atoms in total. The summed E-state index contributed by atoms with van der Waals surface area (Å²) < 4.78 is 28.4. The fourth-order valence-electron chi connectivity index (χ4n) is 2.88. The third kappa shape index (κ3) is 4.72. The molecule has 3 rings (SSSR count). The van der Waals surface area contributed by atoms with Gasteiger partial charge in [0, 0.05) is 25.0 Å². The first-order valence-electron chi connectivity index (χ1n) is 8.91. The summed E-state index contributed by atoms with van der Waals surface area (Å²) in [6.07, 6.45) is 2.74. The highest BCUT2D eigenvalue weighted by atomic mass is 19.1. The number of hydrogen-bond donors (Lipinski definition) is 2. The van der Waals surface area contributed by atoms with Crippen molar-refractivity contribution in [3.63, 3.8) is 0 Å². The lowest BCUT2D eigenvalue weighted by Gasteiger charge is -2.20. The topological polar surface area (TPSA) is 84.2 Å². The van der Waals surface area contributed by atoms with Gasteiger partial charge in [-0.1, -0.05) is 24.3 Å². The smallest absolute Gasteiger partial charge is 0.253 e. The lowest BCUT2D eigenvalue weighted by molar-refractivity contribution is 0.0940. The van der Waals surface area contributed by atoms with Gasteiger partial charge in [0.1, 0.15) is 18.2 Å². The van der Waals surface area contributed by atoms with E-state index in [0.717, 1.165) is 0 Å². The summed E-state index contributed by atoms with van der Waals surface area (Å²) in [5.41, 5.74) is 0.801. The Labute approximate surface area is 165 Å². The fourth-order valence-corrected chi connectivity index (χ4v) is 2.88. The largest absolute Gasteiger partial charge is 0.395 e. The van der Waals surface area contributed by atoms with Crippen LogP contribution >= 0.6 is 0 Å². The summed E-state index contributed by atoms with van der Waals surface area (Å²) >= 11 is 0. The zero-order valence-electron chi connectivity index (χ0n) is 15.4. The molecule has 29 heavy (non-hydrogen) atoms. The Balaban J connectivity index is 1.96. The Morgan fingerprint density at radius 3 is 2.59 bits per heavy atom. The molecule has 2 N–H and O–H groups in total. The Morgan fingerprint density at radius 2 is 1.93 bits per heavy atom. The number of pyridine rings is 2. The maximum atomic E-state index is 14.4. The molecule has 1 amide bonds. The second kappa shape index (κ2) is 9.20. The van der Waals surface area contributed by atoms with Crippen molar-refractivity contribution in [2.75, 3.05) is 6.61 Å². The molecule has 1 aromatic carbocycles. The number of nitrogens with one attached hydrogen (secondary N) is 1. The molecule has 150 valence electrons. The van der Waals surface area contributed by atoms with Gasteiger partial charge in [0.15, 0.2) is 0 Å². The van der Waals surface area contributed by atoms with E-state index in [1.165, 1.54) is 41.2 Å². The second-order valence-electron chi connectivity index (χ2n) is 6.33. The lowest BCUT2D eigenvalue weighted by Crippen LogP contribution is -2.32. The van der Waals surface area contributed by atoms with Crippen molar-refractivity contribution in [2.24, 2.45) is 0 Å². The first-order valence-corrected chi connectivity index (χ1v) is 8.91. The first kappa shape index (κ1) is 20.3. The van der Waals surface area contributed by atoms with Gasteiger partial charge in [-0.15, -0.1) is 0 Å². The van der Waals surface area contributed by atoms with E-state index in [0.29, 0.717) is 11.1 Å². The maximum Gasteiger partial charge on any atom is 0.253 e. The van der Waals surface area contributed by atoms with Crippen LogP contribution in [-0.4, -0.2) is 27.2 Å². The van der Waals surface area contributed by atoms with Gasteiger partial charge in [0.2, 0.25) is 0 Å². The summed E-state index contributed by atoms with van der Waals surface area (Å²) in [6.45, 7) is -0.849. The molecule has 0 saturated carbocycles. The number of aliphatic hydroxyl groups is 1. The average Bonchev–Trinajstić information content (AvgIpc) is 2.74. The molecule has 2 heterocycles. The minimum Gasteiger partial charge on any atom is -0.395 e. The Kier molecular flexibility index (Phi) is 6.46. The minimum atomic E-state index is -0.921. The van der Waals surface area contributed by atoms with Gasteiger partial charge in [0.25, 0.3) is 11.5 Å². The Bertz CT molecular complexity index is 1050. The number of benzene rings is 1. The van der Waals surface area contributed by atoms with Gasteiger partial charge in [-0.25, -0.2) is 8.78 Å². The SMILES string of the molecule is O=C(N[C@@H](c1ccc(CF)cc1)c1ncccc1F)c1ccc(=O)n(CCO)c1. The summed E-state index contributed by atoms with van der Waals surface area (Å²) in [5.74, 6) is -1.15. The third-order valence-electron chi connectivity index (χ3n) is 4.39. The van der Waals surface area contributed by atoms with Crippen molar-refractivity contribution in [1.29, 1.82) is 0 Å². The molecular formula is C21H19F2N3O3. The van der Waals surface area contributed by atoms with Gasteiger partial charge in [-0.3, -0.25) is 14.6 Å². The molecule has 0 aliphatic heterocycles. The van der Waals surface area contributed by atoms with E-state index in [9.17, 15) is 18.4 Å². The molecule has 1 atom stereocenters. The maximum absolute atomic E-state index is 14.4.